The summed E-state index contributed by atoms with van der Waals surface area (Å²) in [5.41, 5.74) is 5.77. The van der Waals surface area contributed by atoms with E-state index in [2.05, 4.69) is 20.8 Å². The molecule has 4 rings (SSSR count). The van der Waals surface area contributed by atoms with Crippen LogP contribution in [0.2, 0.25) is 5.02 Å². The van der Waals surface area contributed by atoms with Crippen LogP contribution in [0.3, 0.4) is 0 Å². The Labute approximate surface area is 177 Å². The lowest BCUT2D eigenvalue weighted by atomic mass is 10.2. The molecule has 0 fully saturated rings. The predicted molar refractivity (Wildman–Crippen MR) is 119 cm³/mol. The Morgan fingerprint density at radius 2 is 1.73 bits per heavy atom. The molecule has 0 saturated heterocycles. The van der Waals surface area contributed by atoms with Gasteiger partial charge >= 0.3 is 0 Å². The number of hydrazone groups is 1. The van der Waals surface area contributed by atoms with Gasteiger partial charge in [0.2, 0.25) is 0 Å². The van der Waals surface area contributed by atoms with Crippen LogP contribution in [-0.2, 0) is 0 Å². The number of amides is 2. The van der Waals surface area contributed by atoms with Gasteiger partial charge in [-0.2, -0.15) is 5.10 Å². The second-order valence-corrected chi connectivity index (χ2v) is 6.97. The zero-order valence-corrected chi connectivity index (χ0v) is 16.5. The number of carbonyl (C=O) groups excluding carboxylic acids is 2. The Morgan fingerprint density at radius 1 is 0.933 bits per heavy atom. The maximum absolute atomic E-state index is 12.4. The molecule has 7 heteroatoms. The minimum Gasteiger partial charge on any atom is -0.360 e. The lowest BCUT2D eigenvalue weighted by molar-refractivity contribution is 0.0956. The second-order valence-electron chi connectivity index (χ2n) is 6.53. The highest BCUT2D eigenvalue weighted by atomic mass is 35.5. The van der Waals surface area contributed by atoms with Gasteiger partial charge in [-0.15, -0.1) is 0 Å². The van der Waals surface area contributed by atoms with E-state index in [0.29, 0.717) is 21.8 Å². The van der Waals surface area contributed by atoms with Gasteiger partial charge in [0, 0.05) is 33.4 Å². The van der Waals surface area contributed by atoms with Crippen LogP contribution in [-0.4, -0.2) is 23.0 Å². The van der Waals surface area contributed by atoms with Crippen molar-refractivity contribution in [1.82, 2.24) is 10.4 Å². The number of aromatic amines is 1. The molecule has 0 saturated carbocycles. The fourth-order valence-electron chi connectivity index (χ4n) is 2.99. The highest BCUT2D eigenvalue weighted by Gasteiger charge is 2.10. The van der Waals surface area contributed by atoms with Gasteiger partial charge in [-0.05, 0) is 48.0 Å². The number of hydrogen-bond donors (Lipinski definition) is 3. The van der Waals surface area contributed by atoms with Gasteiger partial charge in [-0.3, -0.25) is 9.59 Å². The highest BCUT2D eigenvalue weighted by Crippen LogP contribution is 2.17. The van der Waals surface area contributed by atoms with Crippen molar-refractivity contribution in [2.75, 3.05) is 5.32 Å². The molecule has 1 heterocycles. The standard InChI is InChI=1S/C23H17ClN4O2/c24-17-10-8-16(9-11-17)22(29)27-18-5-3-4-15(12-18)13-26-28-23(30)20-14-25-21-7-2-1-6-19(20)21/h1-14,25H,(H,27,29)(H,28,30)/b26-13+. The number of fused-ring (bicyclic) bond motifs is 1. The van der Waals surface area contributed by atoms with Crippen LogP contribution in [0.1, 0.15) is 26.3 Å². The van der Waals surface area contributed by atoms with E-state index >= 15 is 0 Å². The van der Waals surface area contributed by atoms with Gasteiger partial charge in [-0.1, -0.05) is 41.9 Å². The monoisotopic (exact) mass is 416 g/mol. The average Bonchev–Trinajstić information content (AvgIpc) is 3.19. The number of nitrogens with one attached hydrogen (secondary N) is 3. The number of para-hydroxylation sites is 1. The molecule has 3 N–H and O–H groups in total. The molecule has 30 heavy (non-hydrogen) atoms. The van der Waals surface area contributed by atoms with Crippen LogP contribution in [0.25, 0.3) is 10.9 Å². The van der Waals surface area contributed by atoms with Gasteiger partial charge in [0.1, 0.15) is 0 Å². The molecule has 148 valence electrons. The minimum atomic E-state index is -0.309. The summed E-state index contributed by atoms with van der Waals surface area (Å²) in [6.45, 7) is 0. The third-order valence-electron chi connectivity index (χ3n) is 4.46. The van der Waals surface area contributed by atoms with Crippen molar-refractivity contribution in [3.8, 4) is 0 Å². The number of benzene rings is 3. The first-order valence-electron chi connectivity index (χ1n) is 9.17. The third kappa shape index (κ3) is 4.39. The Balaban J connectivity index is 1.41. The summed E-state index contributed by atoms with van der Waals surface area (Å²) in [4.78, 5) is 27.8. The van der Waals surface area contributed by atoms with E-state index in [9.17, 15) is 9.59 Å². The van der Waals surface area contributed by atoms with Crippen LogP contribution >= 0.6 is 11.6 Å². The molecule has 0 aliphatic heterocycles. The molecular formula is C23H17ClN4O2. The summed E-state index contributed by atoms with van der Waals surface area (Å²) in [5, 5.41) is 8.25. The maximum Gasteiger partial charge on any atom is 0.273 e. The molecule has 0 bridgehead atoms. The molecular weight excluding hydrogens is 400 g/mol. The number of carbonyl (C=O) groups is 2. The molecule has 0 aliphatic rings. The Hall–Kier alpha value is -3.90. The van der Waals surface area contributed by atoms with Crippen LogP contribution in [0.5, 0.6) is 0 Å². The average molecular weight is 417 g/mol. The van der Waals surface area contributed by atoms with Crippen molar-refractivity contribution in [1.29, 1.82) is 0 Å². The zero-order chi connectivity index (χ0) is 20.9. The van der Waals surface area contributed by atoms with Gasteiger partial charge in [0.15, 0.2) is 0 Å². The van der Waals surface area contributed by atoms with E-state index < -0.39 is 0 Å². The van der Waals surface area contributed by atoms with Crippen molar-refractivity contribution in [2.24, 2.45) is 5.10 Å². The number of anilines is 1. The van der Waals surface area contributed by atoms with Crippen LogP contribution < -0.4 is 10.7 Å². The summed E-state index contributed by atoms with van der Waals surface area (Å²) >= 11 is 5.85. The summed E-state index contributed by atoms with van der Waals surface area (Å²) in [7, 11) is 0. The molecule has 0 unspecified atom stereocenters. The molecule has 1 aromatic heterocycles. The first-order chi connectivity index (χ1) is 14.6. The van der Waals surface area contributed by atoms with Gasteiger partial charge in [0.05, 0.1) is 11.8 Å². The number of rotatable bonds is 5. The van der Waals surface area contributed by atoms with Crippen molar-refractivity contribution >= 4 is 46.2 Å². The smallest absolute Gasteiger partial charge is 0.273 e. The third-order valence-corrected chi connectivity index (χ3v) is 4.72. The predicted octanol–water partition coefficient (Wildman–Crippen LogP) is 4.84. The largest absolute Gasteiger partial charge is 0.360 e. The minimum absolute atomic E-state index is 0.242. The van der Waals surface area contributed by atoms with Gasteiger partial charge < -0.3 is 10.3 Å². The lowest BCUT2D eigenvalue weighted by Crippen LogP contribution is -2.17. The number of aromatic nitrogens is 1. The molecule has 2 amide bonds. The molecule has 3 aromatic carbocycles. The summed E-state index contributed by atoms with van der Waals surface area (Å²) in [6, 6.07) is 21.3. The molecule has 0 aliphatic carbocycles. The van der Waals surface area contributed by atoms with Crippen LogP contribution in [0.15, 0.2) is 84.1 Å². The quantitative estimate of drug-likeness (QED) is 0.321. The van der Waals surface area contributed by atoms with Crippen molar-refractivity contribution in [3.05, 3.63) is 101 Å². The normalized spacial score (nSPS) is 11.0. The van der Waals surface area contributed by atoms with E-state index in [0.717, 1.165) is 16.5 Å². The number of halogens is 1. The number of hydrogen-bond acceptors (Lipinski definition) is 3. The number of nitrogens with zero attached hydrogens (tertiary/aromatic N) is 1. The van der Waals surface area contributed by atoms with E-state index in [1.807, 2.05) is 30.3 Å². The Bertz CT molecular complexity index is 1250. The van der Waals surface area contributed by atoms with E-state index in [-0.39, 0.29) is 11.8 Å². The molecule has 6 nitrogen and oxygen atoms in total. The first kappa shape index (κ1) is 19.4. The molecule has 0 spiro atoms. The van der Waals surface area contributed by atoms with Crippen molar-refractivity contribution in [2.45, 2.75) is 0 Å². The molecule has 4 aromatic rings. The highest BCUT2D eigenvalue weighted by molar-refractivity contribution is 6.30. The first-order valence-corrected chi connectivity index (χ1v) is 9.54. The van der Waals surface area contributed by atoms with Crippen molar-refractivity contribution < 1.29 is 9.59 Å². The second kappa shape index (κ2) is 8.63. The fraction of sp³-hybridized carbons (Fsp3) is 0. The molecule has 0 radical (unpaired) electrons. The van der Waals surface area contributed by atoms with Gasteiger partial charge in [-0.25, -0.2) is 5.43 Å². The zero-order valence-electron chi connectivity index (χ0n) is 15.7. The van der Waals surface area contributed by atoms with Crippen LogP contribution in [0.4, 0.5) is 5.69 Å². The SMILES string of the molecule is O=C(Nc1cccc(/C=N/NC(=O)c2c[nH]c3ccccc23)c1)c1ccc(Cl)cc1. The van der Waals surface area contributed by atoms with E-state index in [1.165, 1.54) is 6.21 Å². The molecule has 0 atom stereocenters. The summed E-state index contributed by atoms with van der Waals surface area (Å²) < 4.78 is 0. The maximum atomic E-state index is 12.4. The summed E-state index contributed by atoms with van der Waals surface area (Å²) in [5.74, 6) is -0.552. The number of H-pyrrole nitrogens is 1. The van der Waals surface area contributed by atoms with Crippen LogP contribution in [0, 0.1) is 0 Å². The summed E-state index contributed by atoms with van der Waals surface area (Å²) in [6.07, 6.45) is 3.17. The van der Waals surface area contributed by atoms with Crippen molar-refractivity contribution in [3.63, 3.8) is 0 Å². The lowest BCUT2D eigenvalue weighted by Gasteiger charge is -2.06. The van der Waals surface area contributed by atoms with E-state index in [4.69, 9.17) is 11.6 Å². The Kier molecular flexibility index (Phi) is 5.59. The van der Waals surface area contributed by atoms with E-state index in [1.54, 1.807) is 48.7 Å². The van der Waals surface area contributed by atoms with Gasteiger partial charge in [0.25, 0.3) is 11.8 Å². The Morgan fingerprint density at radius 3 is 2.57 bits per heavy atom. The fourth-order valence-corrected chi connectivity index (χ4v) is 3.11. The topological polar surface area (TPSA) is 86.3 Å².